The van der Waals surface area contributed by atoms with Crippen molar-refractivity contribution in [1.82, 2.24) is 5.32 Å². The Labute approximate surface area is 429 Å². The van der Waals surface area contributed by atoms with Crippen molar-refractivity contribution in [2.75, 3.05) is 19.7 Å². The average Bonchev–Trinajstić information content (AvgIpc) is 1.50. The maximum atomic E-state index is 6.61. The van der Waals surface area contributed by atoms with Gasteiger partial charge in [0.15, 0.2) is 0 Å². The number of hydrogen-bond acceptors (Lipinski definition) is 4. The zero-order chi connectivity index (χ0) is 47.3. The van der Waals surface area contributed by atoms with E-state index in [4.69, 9.17) is 21.5 Å². The van der Waals surface area contributed by atoms with Crippen molar-refractivity contribution in [3.63, 3.8) is 0 Å². The molecule has 0 amide bonds. The second kappa shape index (κ2) is 7.65. The molecule has 2 unspecified atom stereocenters. The molecule has 1 fully saturated rings. The molecule has 34 rings (SSSR count). The van der Waals surface area contributed by atoms with E-state index < -0.39 is 5.41 Å². The first kappa shape index (κ1) is 31.5. The lowest BCUT2D eigenvalue weighted by Gasteiger charge is -2.53. The van der Waals surface area contributed by atoms with E-state index in [2.05, 4.69) is 24.3 Å². The number of ether oxygens (including phenoxy) is 1. The van der Waals surface area contributed by atoms with Crippen LogP contribution in [0.3, 0.4) is 0 Å². The highest BCUT2D eigenvalue weighted by molar-refractivity contribution is 6.82. The number of nitrogens with one attached hydrogen (secondary N) is 1. The van der Waals surface area contributed by atoms with Crippen LogP contribution in [0.5, 0.6) is 5.75 Å². The molecule has 0 aromatic heterocycles. The van der Waals surface area contributed by atoms with E-state index >= 15 is 0 Å². The monoisotopic (exact) mass is 969 g/mol. The van der Waals surface area contributed by atoms with Crippen LogP contribution in [0.25, 0.3) is 291 Å². The van der Waals surface area contributed by atoms with Crippen LogP contribution in [0.15, 0.2) is 24.3 Å². The van der Waals surface area contributed by atoms with Gasteiger partial charge in [-0.3, -0.25) is 0 Å². The highest BCUT2D eigenvalue weighted by Crippen LogP contribution is 2.87. The summed E-state index contributed by atoms with van der Waals surface area (Å²) < 4.78 is 6.34. The first-order chi connectivity index (χ1) is 38.8. The lowest BCUT2D eigenvalue weighted by atomic mass is 9.45. The van der Waals surface area contributed by atoms with Crippen molar-refractivity contribution in [2.45, 2.75) is 42.2 Å². The van der Waals surface area contributed by atoms with Crippen LogP contribution in [0, 0.1) is 0 Å². The summed E-state index contributed by atoms with van der Waals surface area (Å²) in [6, 6.07) is 9.71. The highest BCUT2D eigenvalue weighted by atomic mass is 16.5. The van der Waals surface area contributed by atoms with E-state index in [1.54, 1.807) is 313 Å². The molecule has 4 aliphatic carbocycles. The lowest BCUT2D eigenvalue weighted by molar-refractivity contribution is 0.319. The third-order valence-corrected chi connectivity index (χ3v) is 27.3. The predicted octanol–water partition coefficient (Wildman–Crippen LogP) is 17.5. The zero-order valence-electron chi connectivity index (χ0n) is 40.8. The molecule has 2 spiro atoms. The predicted molar refractivity (Wildman–Crippen MR) is 327 cm³/mol. The Morgan fingerprint density at radius 3 is 0.782 bits per heavy atom. The summed E-state index contributed by atoms with van der Waals surface area (Å²) in [5.74, 6) is 0.912. The fourth-order valence-corrected chi connectivity index (χ4v) is 27.0. The van der Waals surface area contributed by atoms with Crippen molar-refractivity contribution in [3.8, 4) is 5.75 Å². The van der Waals surface area contributed by atoms with Crippen LogP contribution in [0.2, 0.25) is 0 Å². The van der Waals surface area contributed by atoms with E-state index in [-0.39, 0.29) is 17.5 Å². The fraction of sp³-hybridized carbons (Fsp3) is 0.135. The second-order valence-corrected chi connectivity index (χ2v) is 28.0. The van der Waals surface area contributed by atoms with E-state index in [0.29, 0.717) is 13.2 Å². The van der Waals surface area contributed by atoms with Gasteiger partial charge in [-0.15, -0.1) is 0 Å². The molecule has 340 valence electrons. The number of rotatable bonds is 8. The lowest BCUT2D eigenvalue weighted by Crippen LogP contribution is -2.55. The van der Waals surface area contributed by atoms with Gasteiger partial charge in [-0.2, -0.15) is 0 Å². The van der Waals surface area contributed by atoms with Crippen molar-refractivity contribution >= 4 is 291 Å². The highest BCUT2D eigenvalue weighted by Gasteiger charge is 2.77. The van der Waals surface area contributed by atoms with Gasteiger partial charge in [0.1, 0.15) is 12.4 Å². The second-order valence-electron chi connectivity index (χ2n) is 28.0. The first-order valence-electron chi connectivity index (χ1n) is 29.5. The fourth-order valence-electron chi connectivity index (χ4n) is 27.0. The van der Waals surface area contributed by atoms with Crippen LogP contribution < -0.4 is 21.5 Å². The summed E-state index contributed by atoms with van der Waals surface area (Å²) in [7, 11) is 0. The zero-order valence-corrected chi connectivity index (χ0v) is 40.8. The Kier molecular flexibility index (Phi) is 3.09. The normalized spacial score (nSPS) is 23.4. The number of benzene rings is 19. The van der Waals surface area contributed by atoms with Gasteiger partial charge in [-0.05, 0) is 350 Å². The summed E-state index contributed by atoms with van der Waals surface area (Å²) in [5, 5.41) is 94.0. The van der Waals surface area contributed by atoms with Gasteiger partial charge in [-0.25, -0.2) is 0 Å². The molecule has 29 aromatic carbocycles. The van der Waals surface area contributed by atoms with Crippen molar-refractivity contribution < 1.29 is 4.74 Å². The average molecular weight is 970 g/mol. The van der Waals surface area contributed by atoms with Gasteiger partial charge in [0.25, 0.3) is 0 Å². The van der Waals surface area contributed by atoms with E-state index in [9.17, 15) is 0 Å². The topological polar surface area (TPSA) is 73.3 Å². The van der Waals surface area contributed by atoms with Crippen molar-refractivity contribution in [1.29, 1.82) is 0 Å². The maximum absolute atomic E-state index is 6.61. The SMILES string of the molecule is NCCCCC1NC(c2ccc(OCCN)cc2)C23c4c5c6c7c8c9c(c%10c%11c2c2c4c4c%12c5c5c6c6c8c8c%13c9c9c%10c%10c%11c%11c2c2c4c4c%12c%12c5c5c6c8c6c8c%13c9c9c%10c%10c%11c2c2c4c4c%12c5c6c5c8c9c%10c2c45)C713. The van der Waals surface area contributed by atoms with Gasteiger partial charge in [0, 0.05) is 18.6 Å². The van der Waals surface area contributed by atoms with Crippen molar-refractivity contribution in [3.05, 3.63) is 52.1 Å². The summed E-state index contributed by atoms with van der Waals surface area (Å²) in [6.07, 6.45) is 3.23. The standard InChI is InChI=1S/C74H23N3O/c75-8-2-1-3-13-73-68-60-52-42-32-24-16-14-15-18-22-20(16)28-36-30(22)40-34-26(18)27-19(15)23-21-17(14)25(24)33-39-29(21)37-31(23)41-35(27)45-44(34)54-48(40)58-50(36)56(46(52)38(28)32)62(68)64(58)70-66(54)67-55(45)49(41)59-51(37)57-47(39)53(43(33)42)61(60)69(73)63(57)65(59)71(67)74(70,73)72(77-13)11-4-6-12(7-5-11)78-10-9-76/h4-7,13,72,77H,1-3,8-10,75-76H2. The number of hydrogen-bond donors (Lipinski definition) is 3. The molecule has 1 heterocycles. The smallest absolute Gasteiger partial charge is 0.119 e. The van der Waals surface area contributed by atoms with Crippen LogP contribution in [-0.4, -0.2) is 25.7 Å². The van der Waals surface area contributed by atoms with Gasteiger partial charge in [0.2, 0.25) is 0 Å². The van der Waals surface area contributed by atoms with Gasteiger partial charge >= 0.3 is 0 Å². The molecule has 1 saturated heterocycles. The molecule has 29 aromatic rings. The van der Waals surface area contributed by atoms with Crippen LogP contribution in [-0.2, 0) is 10.8 Å². The molecule has 4 heteroatoms. The number of unbranched alkanes of at least 4 members (excludes halogenated alkanes) is 1. The molecule has 5 N–H and O–H groups in total. The molecule has 1 aliphatic heterocycles. The van der Waals surface area contributed by atoms with E-state index in [1.807, 2.05) is 0 Å². The molecule has 2 atom stereocenters. The molecule has 0 radical (unpaired) electrons. The minimum atomic E-state index is -0.425. The Bertz CT molecular complexity index is 7390. The summed E-state index contributed by atoms with van der Waals surface area (Å²) in [5.41, 5.74) is 20.2. The molecular weight excluding hydrogens is 947 g/mol. The molecule has 0 bridgehead atoms. The molecule has 0 saturated carbocycles. The summed E-state index contributed by atoms with van der Waals surface area (Å²) in [4.78, 5) is 0. The Hall–Kier alpha value is -8.64. The molecule has 4 nitrogen and oxygen atoms in total. The Morgan fingerprint density at radius 1 is 0.295 bits per heavy atom. The first-order valence-corrected chi connectivity index (χ1v) is 29.5. The van der Waals surface area contributed by atoms with Crippen molar-refractivity contribution in [2.24, 2.45) is 11.5 Å². The van der Waals surface area contributed by atoms with E-state index in [0.717, 1.165) is 31.6 Å². The van der Waals surface area contributed by atoms with Crippen LogP contribution >= 0.6 is 0 Å². The quantitative estimate of drug-likeness (QED) is 0.105. The number of nitrogens with two attached hydrogens (primary N) is 2. The summed E-state index contributed by atoms with van der Waals surface area (Å²) in [6.45, 7) is 1.75. The van der Waals surface area contributed by atoms with Crippen LogP contribution in [0.4, 0.5) is 0 Å². The minimum absolute atomic E-state index is 0.0136. The largest absolute Gasteiger partial charge is 0.492 e. The van der Waals surface area contributed by atoms with Gasteiger partial charge < -0.3 is 21.5 Å². The third kappa shape index (κ3) is 1.82. The molecule has 78 heavy (non-hydrogen) atoms. The Morgan fingerprint density at radius 2 is 0.538 bits per heavy atom. The molecule has 5 aliphatic rings. The maximum Gasteiger partial charge on any atom is 0.119 e. The van der Waals surface area contributed by atoms with Gasteiger partial charge in [-0.1, -0.05) is 18.6 Å². The summed E-state index contributed by atoms with van der Waals surface area (Å²) >= 11 is 0. The van der Waals surface area contributed by atoms with Gasteiger partial charge in [0.05, 0.1) is 10.8 Å². The van der Waals surface area contributed by atoms with E-state index in [1.165, 1.54) is 5.56 Å². The van der Waals surface area contributed by atoms with Crippen LogP contribution in [0.1, 0.15) is 53.1 Å². The molecular formula is C74H23N3O. The minimum Gasteiger partial charge on any atom is -0.492 e. The Balaban J connectivity index is 1.06. The third-order valence-electron chi connectivity index (χ3n) is 27.3.